The van der Waals surface area contributed by atoms with Crippen LogP contribution in [0, 0.1) is 5.82 Å². The van der Waals surface area contributed by atoms with Crippen molar-refractivity contribution >= 4 is 46.2 Å². The number of hydrogen-bond acceptors (Lipinski definition) is 7. The van der Waals surface area contributed by atoms with Crippen LogP contribution in [0.15, 0.2) is 84.9 Å². The van der Waals surface area contributed by atoms with Gasteiger partial charge in [0, 0.05) is 57.3 Å². The molecule has 4 aromatic rings. The standard InChI is InChI=1S/C40H38ClFN4O5/c41-16-15-33(26-3-9-31(47)10-4-26)37(28-5-11-32(48)12-6-28)27-1-7-30(8-2-27)45-19-17-44(18-20-45)23-25-21-29-24-46(40(51)38(29)34(42)22-25)35-13-14-36(49)43-39(35)50/h1-12,21-22,35,47-48H,13-20,23-24H2,(H,43,49,50). The van der Waals surface area contributed by atoms with Crippen LogP contribution in [0.25, 0.3) is 11.1 Å². The molecule has 2 fully saturated rings. The number of allylic oxidation sites excluding steroid dienone is 1. The number of anilines is 1. The van der Waals surface area contributed by atoms with E-state index >= 15 is 4.39 Å². The van der Waals surface area contributed by atoms with E-state index < -0.39 is 23.7 Å². The summed E-state index contributed by atoms with van der Waals surface area (Å²) in [5.41, 5.74) is 7.38. The normalized spacial score (nSPS) is 18.5. The molecule has 0 aromatic heterocycles. The number of imide groups is 1. The number of rotatable bonds is 9. The van der Waals surface area contributed by atoms with Gasteiger partial charge in [-0.05, 0) is 94.3 Å². The van der Waals surface area contributed by atoms with Gasteiger partial charge in [-0.3, -0.25) is 24.6 Å². The Kier molecular flexibility index (Phi) is 9.79. The molecule has 1 unspecified atom stereocenters. The average molecular weight is 709 g/mol. The maximum atomic E-state index is 15.3. The Balaban J connectivity index is 1.04. The summed E-state index contributed by atoms with van der Waals surface area (Å²) in [5, 5.41) is 22.2. The van der Waals surface area contributed by atoms with Crippen molar-refractivity contribution in [2.24, 2.45) is 0 Å². The van der Waals surface area contributed by atoms with E-state index in [4.69, 9.17) is 11.6 Å². The lowest BCUT2D eigenvalue weighted by atomic mass is 9.88. The SMILES string of the molecule is O=C1CCC(N2Cc3cc(CN4CCN(c5ccc(C(=C(CCCl)c6ccc(O)cc6)c6ccc(O)cc6)cc5)CC4)cc(F)c3C2=O)C(=O)N1. The van der Waals surface area contributed by atoms with E-state index in [2.05, 4.69) is 39.4 Å². The molecule has 0 aliphatic carbocycles. The number of aromatic hydroxyl groups is 2. The molecule has 3 amide bonds. The van der Waals surface area contributed by atoms with Gasteiger partial charge in [-0.15, -0.1) is 11.6 Å². The molecule has 0 bridgehead atoms. The summed E-state index contributed by atoms with van der Waals surface area (Å²) in [5.74, 6) is -1.18. The fraction of sp³-hybridized carbons (Fsp3) is 0.275. The van der Waals surface area contributed by atoms with Crippen LogP contribution in [0.5, 0.6) is 11.5 Å². The van der Waals surface area contributed by atoms with Gasteiger partial charge < -0.3 is 20.0 Å². The minimum Gasteiger partial charge on any atom is -0.508 e. The van der Waals surface area contributed by atoms with Gasteiger partial charge in [0.2, 0.25) is 11.8 Å². The van der Waals surface area contributed by atoms with Crippen molar-refractivity contribution in [1.82, 2.24) is 15.1 Å². The van der Waals surface area contributed by atoms with Crippen molar-refractivity contribution in [3.05, 3.63) is 124 Å². The third kappa shape index (κ3) is 7.20. The number of benzene rings is 4. The van der Waals surface area contributed by atoms with Gasteiger partial charge in [-0.25, -0.2) is 4.39 Å². The molecule has 3 N–H and O–H groups in total. The number of piperazine rings is 1. The Bertz CT molecular complexity index is 1990. The maximum absolute atomic E-state index is 15.3. The number of hydrogen-bond donors (Lipinski definition) is 3. The average Bonchev–Trinajstić information content (AvgIpc) is 3.45. The van der Waals surface area contributed by atoms with Crippen molar-refractivity contribution in [3.63, 3.8) is 0 Å². The summed E-state index contributed by atoms with van der Waals surface area (Å²) in [6, 6.07) is 25.2. The van der Waals surface area contributed by atoms with Crippen molar-refractivity contribution in [3.8, 4) is 11.5 Å². The van der Waals surface area contributed by atoms with E-state index in [1.807, 2.05) is 30.3 Å². The molecule has 1 atom stereocenters. The fourth-order valence-electron chi connectivity index (χ4n) is 7.39. The summed E-state index contributed by atoms with van der Waals surface area (Å²) in [6.45, 7) is 3.76. The number of amides is 3. The van der Waals surface area contributed by atoms with Crippen LogP contribution >= 0.6 is 11.6 Å². The van der Waals surface area contributed by atoms with Crippen LogP contribution in [0.1, 0.15) is 57.4 Å². The highest BCUT2D eigenvalue weighted by Crippen LogP contribution is 2.37. The van der Waals surface area contributed by atoms with Crippen LogP contribution in [0.2, 0.25) is 0 Å². The van der Waals surface area contributed by atoms with E-state index in [1.54, 1.807) is 24.3 Å². The quantitative estimate of drug-likeness (QED) is 0.113. The Morgan fingerprint density at radius 1 is 0.824 bits per heavy atom. The zero-order chi connectivity index (χ0) is 35.6. The Hall–Kier alpha value is -5.19. The third-order valence-electron chi connectivity index (χ3n) is 9.95. The molecule has 262 valence electrons. The summed E-state index contributed by atoms with van der Waals surface area (Å²) in [4.78, 5) is 43.0. The minimum absolute atomic E-state index is 0.0120. The van der Waals surface area contributed by atoms with Gasteiger partial charge in [0.05, 0.1) is 5.56 Å². The second-order valence-electron chi connectivity index (χ2n) is 13.2. The summed E-state index contributed by atoms with van der Waals surface area (Å²) < 4.78 is 15.3. The number of carbonyl (C=O) groups excluding carboxylic acids is 3. The first-order valence-electron chi connectivity index (χ1n) is 17.1. The lowest BCUT2D eigenvalue weighted by Gasteiger charge is -2.36. The topological polar surface area (TPSA) is 113 Å². The molecule has 51 heavy (non-hydrogen) atoms. The zero-order valence-electron chi connectivity index (χ0n) is 27.9. The van der Waals surface area contributed by atoms with Gasteiger partial charge >= 0.3 is 0 Å². The molecule has 11 heteroatoms. The first-order chi connectivity index (χ1) is 24.7. The molecule has 4 aromatic carbocycles. The fourth-order valence-corrected chi connectivity index (χ4v) is 7.58. The third-order valence-corrected chi connectivity index (χ3v) is 10.1. The number of fused-ring (bicyclic) bond motifs is 1. The monoisotopic (exact) mass is 708 g/mol. The van der Waals surface area contributed by atoms with Crippen LogP contribution in [-0.4, -0.2) is 75.8 Å². The predicted octanol–water partition coefficient (Wildman–Crippen LogP) is 5.91. The highest BCUT2D eigenvalue weighted by Gasteiger charge is 2.40. The lowest BCUT2D eigenvalue weighted by molar-refractivity contribution is -0.136. The molecule has 3 aliphatic heterocycles. The molecule has 9 nitrogen and oxygen atoms in total. The van der Waals surface area contributed by atoms with E-state index in [-0.39, 0.29) is 42.4 Å². The van der Waals surface area contributed by atoms with E-state index in [0.717, 1.165) is 65.3 Å². The Morgan fingerprint density at radius 2 is 1.43 bits per heavy atom. The molecule has 3 heterocycles. The van der Waals surface area contributed by atoms with Gasteiger partial charge in [-0.1, -0.05) is 42.5 Å². The minimum atomic E-state index is -0.782. The molecule has 3 aliphatic rings. The summed E-state index contributed by atoms with van der Waals surface area (Å²) in [6.07, 6.45) is 0.987. The highest BCUT2D eigenvalue weighted by molar-refractivity contribution is 6.18. The first kappa shape index (κ1) is 34.3. The summed E-state index contributed by atoms with van der Waals surface area (Å²) in [7, 11) is 0. The predicted molar refractivity (Wildman–Crippen MR) is 194 cm³/mol. The molecule has 0 radical (unpaired) electrons. The van der Waals surface area contributed by atoms with Crippen molar-refractivity contribution in [2.75, 3.05) is 37.0 Å². The van der Waals surface area contributed by atoms with Gasteiger partial charge in [-0.2, -0.15) is 0 Å². The number of phenols is 2. The smallest absolute Gasteiger partial charge is 0.258 e. The molecule has 0 saturated carbocycles. The van der Waals surface area contributed by atoms with Crippen LogP contribution in [0.3, 0.4) is 0 Å². The number of alkyl halides is 1. The number of nitrogens with one attached hydrogen (secondary N) is 1. The van der Waals surface area contributed by atoms with Crippen LogP contribution < -0.4 is 10.2 Å². The van der Waals surface area contributed by atoms with E-state index in [9.17, 15) is 24.6 Å². The molecular weight excluding hydrogens is 671 g/mol. The van der Waals surface area contributed by atoms with E-state index in [0.29, 0.717) is 24.4 Å². The maximum Gasteiger partial charge on any atom is 0.258 e. The molecule has 0 spiro atoms. The van der Waals surface area contributed by atoms with Crippen LogP contribution in [-0.2, 0) is 22.7 Å². The van der Waals surface area contributed by atoms with Gasteiger partial charge in [0.25, 0.3) is 5.91 Å². The number of nitrogens with zero attached hydrogens (tertiary/aromatic N) is 3. The van der Waals surface area contributed by atoms with Gasteiger partial charge in [0.1, 0.15) is 23.4 Å². The number of halogens is 2. The van der Waals surface area contributed by atoms with Crippen molar-refractivity contribution in [1.29, 1.82) is 0 Å². The first-order valence-corrected chi connectivity index (χ1v) is 17.6. The molecular formula is C40H38ClFN4O5. The molecule has 2 saturated heterocycles. The van der Waals surface area contributed by atoms with Crippen molar-refractivity contribution < 1.29 is 29.0 Å². The second kappa shape index (κ2) is 14.6. The highest BCUT2D eigenvalue weighted by atomic mass is 35.5. The molecule has 7 rings (SSSR count). The largest absolute Gasteiger partial charge is 0.508 e. The van der Waals surface area contributed by atoms with Crippen molar-refractivity contribution in [2.45, 2.75) is 38.4 Å². The van der Waals surface area contributed by atoms with Gasteiger partial charge in [0.15, 0.2) is 0 Å². The number of phenolic OH excluding ortho intramolecular Hbond substituents is 2. The number of piperidine rings is 1. The Labute approximate surface area is 300 Å². The number of carbonyl (C=O) groups is 3. The van der Waals surface area contributed by atoms with E-state index in [1.165, 1.54) is 11.0 Å². The van der Waals surface area contributed by atoms with Crippen LogP contribution in [0.4, 0.5) is 10.1 Å². The lowest BCUT2D eigenvalue weighted by Crippen LogP contribution is -2.52. The summed E-state index contributed by atoms with van der Waals surface area (Å²) >= 11 is 6.30. The second-order valence-corrected chi connectivity index (χ2v) is 13.6. The zero-order valence-corrected chi connectivity index (χ0v) is 28.7. The Morgan fingerprint density at radius 3 is 2.04 bits per heavy atom.